The van der Waals surface area contributed by atoms with Crippen molar-refractivity contribution in [2.75, 3.05) is 11.9 Å². The number of anilines is 1. The predicted octanol–water partition coefficient (Wildman–Crippen LogP) is 3.24. The van der Waals surface area contributed by atoms with Crippen LogP contribution in [0.2, 0.25) is 0 Å². The van der Waals surface area contributed by atoms with E-state index in [2.05, 4.69) is 36.5 Å². The third-order valence-electron chi connectivity index (χ3n) is 2.38. The second-order valence-corrected chi connectivity index (χ2v) is 3.71. The molecule has 0 bridgehead atoms. The van der Waals surface area contributed by atoms with Gasteiger partial charge >= 0.3 is 0 Å². The lowest BCUT2D eigenvalue weighted by molar-refractivity contribution is 0.645. The van der Waals surface area contributed by atoms with Gasteiger partial charge in [0.05, 0.1) is 0 Å². The standard InChI is InChI=1S/C13H21N.H2O/c1-2-3-4-5-9-12-14-13-10-7-6-8-11-13;/h6-8,10-11,14H,2-5,9,12H2,1H3;1H2. The Hall–Kier alpha value is -1.02. The third-order valence-corrected chi connectivity index (χ3v) is 2.38. The molecule has 2 nitrogen and oxygen atoms in total. The maximum absolute atomic E-state index is 3.42. The van der Waals surface area contributed by atoms with Gasteiger partial charge in [-0.05, 0) is 18.6 Å². The van der Waals surface area contributed by atoms with Gasteiger partial charge in [0.15, 0.2) is 0 Å². The topological polar surface area (TPSA) is 43.5 Å². The van der Waals surface area contributed by atoms with Gasteiger partial charge in [-0.15, -0.1) is 0 Å². The first-order valence-corrected chi connectivity index (χ1v) is 5.72. The highest BCUT2D eigenvalue weighted by Gasteiger charge is 1.90. The van der Waals surface area contributed by atoms with Crippen LogP contribution < -0.4 is 5.32 Å². The van der Waals surface area contributed by atoms with E-state index in [1.54, 1.807) is 0 Å². The summed E-state index contributed by atoms with van der Waals surface area (Å²) < 4.78 is 0. The Morgan fingerprint density at radius 3 is 2.27 bits per heavy atom. The van der Waals surface area contributed by atoms with Gasteiger partial charge in [0, 0.05) is 12.2 Å². The summed E-state index contributed by atoms with van der Waals surface area (Å²) in [5.74, 6) is 0. The van der Waals surface area contributed by atoms with Crippen molar-refractivity contribution in [1.82, 2.24) is 0 Å². The molecule has 1 aromatic rings. The smallest absolute Gasteiger partial charge is 0.0340 e. The van der Waals surface area contributed by atoms with Crippen molar-refractivity contribution in [3.05, 3.63) is 30.3 Å². The first-order valence-electron chi connectivity index (χ1n) is 5.72. The summed E-state index contributed by atoms with van der Waals surface area (Å²) in [5, 5.41) is 3.42. The third kappa shape index (κ3) is 6.97. The fourth-order valence-corrected chi connectivity index (χ4v) is 1.52. The van der Waals surface area contributed by atoms with Gasteiger partial charge in [-0.2, -0.15) is 0 Å². The summed E-state index contributed by atoms with van der Waals surface area (Å²) in [5.41, 5.74) is 1.24. The Bertz CT molecular complexity index is 223. The molecule has 15 heavy (non-hydrogen) atoms. The summed E-state index contributed by atoms with van der Waals surface area (Å²) in [7, 11) is 0. The van der Waals surface area contributed by atoms with Crippen molar-refractivity contribution in [2.24, 2.45) is 0 Å². The number of hydrogen-bond donors (Lipinski definition) is 1. The molecule has 0 radical (unpaired) electrons. The molecule has 0 unspecified atom stereocenters. The zero-order chi connectivity index (χ0) is 10.1. The zero-order valence-corrected chi connectivity index (χ0v) is 9.63. The Morgan fingerprint density at radius 2 is 1.60 bits per heavy atom. The van der Waals surface area contributed by atoms with Gasteiger partial charge in [-0.3, -0.25) is 0 Å². The lowest BCUT2D eigenvalue weighted by atomic mass is 10.1. The Morgan fingerprint density at radius 1 is 0.933 bits per heavy atom. The zero-order valence-electron chi connectivity index (χ0n) is 9.63. The highest BCUT2D eigenvalue weighted by molar-refractivity contribution is 5.42. The molecule has 0 saturated heterocycles. The van der Waals surface area contributed by atoms with Gasteiger partial charge in [-0.25, -0.2) is 0 Å². The molecule has 86 valence electrons. The Balaban J connectivity index is 0.00000196. The number of hydrogen-bond acceptors (Lipinski definition) is 1. The molecular weight excluding hydrogens is 186 g/mol. The van der Waals surface area contributed by atoms with Crippen LogP contribution in [0.5, 0.6) is 0 Å². The Labute approximate surface area is 93.0 Å². The van der Waals surface area contributed by atoms with Crippen LogP contribution in [0, 0.1) is 0 Å². The fraction of sp³-hybridized carbons (Fsp3) is 0.538. The normalized spacial score (nSPS) is 9.40. The molecule has 0 aliphatic rings. The molecule has 3 N–H and O–H groups in total. The molecule has 0 amide bonds. The summed E-state index contributed by atoms with van der Waals surface area (Å²) in [4.78, 5) is 0. The van der Waals surface area contributed by atoms with Gasteiger partial charge in [0.25, 0.3) is 0 Å². The van der Waals surface area contributed by atoms with Crippen molar-refractivity contribution in [3.63, 3.8) is 0 Å². The monoisotopic (exact) mass is 209 g/mol. The van der Waals surface area contributed by atoms with Gasteiger partial charge in [0.2, 0.25) is 0 Å². The van der Waals surface area contributed by atoms with Crippen molar-refractivity contribution in [2.45, 2.75) is 39.0 Å². The van der Waals surface area contributed by atoms with Crippen LogP contribution in [0.3, 0.4) is 0 Å². The van der Waals surface area contributed by atoms with Crippen LogP contribution >= 0.6 is 0 Å². The van der Waals surface area contributed by atoms with Crippen LogP contribution in [0.4, 0.5) is 5.69 Å². The number of benzene rings is 1. The van der Waals surface area contributed by atoms with Crippen LogP contribution in [0.1, 0.15) is 39.0 Å². The number of rotatable bonds is 7. The lowest BCUT2D eigenvalue weighted by Crippen LogP contribution is -2.00. The van der Waals surface area contributed by atoms with E-state index in [4.69, 9.17) is 0 Å². The van der Waals surface area contributed by atoms with E-state index in [9.17, 15) is 0 Å². The van der Waals surface area contributed by atoms with Crippen LogP contribution in [0.15, 0.2) is 30.3 Å². The summed E-state index contributed by atoms with van der Waals surface area (Å²) in [6.07, 6.45) is 6.73. The number of para-hydroxylation sites is 1. The van der Waals surface area contributed by atoms with Crippen molar-refractivity contribution < 1.29 is 5.48 Å². The molecule has 2 heteroatoms. The highest BCUT2D eigenvalue weighted by atomic mass is 16.0. The number of nitrogens with one attached hydrogen (secondary N) is 1. The van der Waals surface area contributed by atoms with Crippen molar-refractivity contribution >= 4 is 5.69 Å². The summed E-state index contributed by atoms with van der Waals surface area (Å²) in [6, 6.07) is 10.4. The minimum atomic E-state index is 0. The molecule has 1 aromatic carbocycles. The van der Waals surface area contributed by atoms with E-state index < -0.39 is 0 Å². The molecule has 0 heterocycles. The van der Waals surface area contributed by atoms with Crippen molar-refractivity contribution in [1.29, 1.82) is 0 Å². The lowest BCUT2D eigenvalue weighted by Gasteiger charge is -2.05. The molecule has 0 aliphatic carbocycles. The largest absolute Gasteiger partial charge is 0.412 e. The summed E-state index contributed by atoms with van der Waals surface area (Å²) in [6.45, 7) is 3.36. The minimum absolute atomic E-state index is 0. The average Bonchev–Trinajstić information content (AvgIpc) is 2.25. The highest BCUT2D eigenvalue weighted by Crippen LogP contribution is 2.06. The molecule has 0 aliphatic heterocycles. The molecule has 0 spiro atoms. The van der Waals surface area contributed by atoms with E-state index in [0.29, 0.717) is 0 Å². The predicted molar refractivity (Wildman–Crippen MR) is 67.3 cm³/mol. The molecule has 0 atom stereocenters. The second-order valence-electron chi connectivity index (χ2n) is 3.71. The van der Waals surface area contributed by atoms with Gasteiger partial charge in [0.1, 0.15) is 0 Å². The van der Waals surface area contributed by atoms with Crippen LogP contribution in [0.25, 0.3) is 0 Å². The Kier molecular flexibility index (Phi) is 8.88. The van der Waals surface area contributed by atoms with Crippen molar-refractivity contribution in [3.8, 4) is 0 Å². The van der Waals surface area contributed by atoms with E-state index in [1.165, 1.54) is 37.8 Å². The molecule has 0 fully saturated rings. The van der Waals surface area contributed by atoms with Crippen LogP contribution in [-0.4, -0.2) is 12.0 Å². The fourth-order valence-electron chi connectivity index (χ4n) is 1.52. The average molecular weight is 209 g/mol. The quantitative estimate of drug-likeness (QED) is 0.688. The van der Waals surface area contributed by atoms with E-state index in [0.717, 1.165) is 6.54 Å². The summed E-state index contributed by atoms with van der Waals surface area (Å²) >= 11 is 0. The first-order chi connectivity index (χ1) is 6.93. The van der Waals surface area contributed by atoms with E-state index in [-0.39, 0.29) is 5.48 Å². The van der Waals surface area contributed by atoms with Crippen LogP contribution in [-0.2, 0) is 0 Å². The van der Waals surface area contributed by atoms with E-state index >= 15 is 0 Å². The van der Waals surface area contributed by atoms with Gasteiger partial charge in [-0.1, -0.05) is 50.8 Å². The molecular formula is C13H23NO. The minimum Gasteiger partial charge on any atom is -0.412 e. The maximum Gasteiger partial charge on any atom is 0.0340 e. The second kappa shape index (κ2) is 9.53. The first kappa shape index (κ1) is 14.0. The van der Waals surface area contributed by atoms with Gasteiger partial charge < -0.3 is 10.8 Å². The molecule has 1 rings (SSSR count). The SMILES string of the molecule is CCCCCCCNc1ccccc1.O. The number of unbranched alkanes of at least 4 members (excludes halogenated alkanes) is 4. The molecule has 0 aromatic heterocycles. The maximum atomic E-state index is 3.42. The van der Waals surface area contributed by atoms with E-state index in [1.807, 2.05) is 6.07 Å². The molecule has 0 saturated carbocycles.